The summed E-state index contributed by atoms with van der Waals surface area (Å²) in [6, 6.07) is 10.8. The molecule has 1 unspecified atom stereocenters. The molecule has 10 heteroatoms. The Morgan fingerprint density at radius 3 is 2.46 bits per heavy atom. The summed E-state index contributed by atoms with van der Waals surface area (Å²) in [5.74, 6) is -0.372. The van der Waals surface area contributed by atoms with Crippen molar-refractivity contribution in [3.8, 4) is 0 Å². The Morgan fingerprint density at radius 1 is 1.00 bits per heavy atom. The average molecular weight is 552 g/mol. The lowest BCUT2D eigenvalue weighted by molar-refractivity contribution is -0.136. The van der Waals surface area contributed by atoms with Gasteiger partial charge >= 0.3 is 0 Å². The van der Waals surface area contributed by atoms with Crippen LogP contribution in [0.3, 0.4) is 0 Å². The maximum Gasteiger partial charge on any atom is 0.256 e. The van der Waals surface area contributed by atoms with Crippen molar-refractivity contribution < 1.29 is 19.5 Å². The molecule has 4 aliphatic rings. The van der Waals surface area contributed by atoms with Gasteiger partial charge in [-0.1, -0.05) is 23.7 Å². The molecule has 1 aromatic heterocycles. The number of aliphatic hydroxyl groups is 1. The number of imide groups is 1. The van der Waals surface area contributed by atoms with Gasteiger partial charge < -0.3 is 19.8 Å². The SMILES string of the molecule is O=C1CCC(N2Cc3nc(C4(O)CCN(CC5CCN(c6ccccc6Cl)CC5)CC4)ccc3C2=O)C(=O)N1. The van der Waals surface area contributed by atoms with E-state index in [4.69, 9.17) is 16.6 Å². The molecule has 2 N–H and O–H groups in total. The molecular formula is C29H34ClN5O4. The van der Waals surface area contributed by atoms with E-state index in [2.05, 4.69) is 21.2 Å². The molecule has 0 aliphatic carbocycles. The number of hydrogen-bond acceptors (Lipinski definition) is 7. The van der Waals surface area contributed by atoms with Gasteiger partial charge in [-0.2, -0.15) is 0 Å². The van der Waals surface area contributed by atoms with E-state index < -0.39 is 17.6 Å². The minimum atomic E-state index is -1.04. The molecule has 0 spiro atoms. The van der Waals surface area contributed by atoms with E-state index in [-0.39, 0.29) is 24.8 Å². The van der Waals surface area contributed by atoms with Gasteiger partial charge in [0.25, 0.3) is 5.91 Å². The molecular weight excluding hydrogens is 518 g/mol. The van der Waals surface area contributed by atoms with Crippen LogP contribution in [-0.2, 0) is 21.7 Å². The standard InChI is InChI=1S/C29H34ClN5O4/c30-21-3-1-2-4-23(21)34-13-9-19(10-14-34)17-33-15-11-29(39,12-16-33)25-7-5-20-22(31-25)18-35(28(20)38)24-6-8-26(36)32-27(24)37/h1-5,7,19,24,39H,6,8-18H2,(H,32,36,37). The fraction of sp³-hybridized carbons (Fsp3) is 0.517. The fourth-order valence-electron chi connectivity index (χ4n) is 6.49. The number of piperidine rings is 3. The number of carbonyl (C=O) groups is 3. The van der Waals surface area contributed by atoms with Crippen LogP contribution in [0.1, 0.15) is 60.3 Å². The van der Waals surface area contributed by atoms with Gasteiger partial charge in [-0.25, -0.2) is 0 Å². The monoisotopic (exact) mass is 551 g/mol. The summed E-state index contributed by atoms with van der Waals surface area (Å²) in [7, 11) is 0. The van der Waals surface area contributed by atoms with Gasteiger partial charge in [0, 0.05) is 39.1 Å². The summed E-state index contributed by atoms with van der Waals surface area (Å²) < 4.78 is 0. The Bertz CT molecular complexity index is 1290. The summed E-state index contributed by atoms with van der Waals surface area (Å²) in [6.45, 7) is 4.82. The highest BCUT2D eigenvalue weighted by Gasteiger charge is 2.42. The van der Waals surface area contributed by atoms with E-state index in [1.807, 2.05) is 18.2 Å². The average Bonchev–Trinajstić information content (AvgIpc) is 3.26. The minimum Gasteiger partial charge on any atom is -0.383 e. The molecule has 0 radical (unpaired) electrons. The third-order valence-corrected chi connectivity index (χ3v) is 9.18. The number of amides is 3. The first kappa shape index (κ1) is 26.2. The maximum absolute atomic E-state index is 13.0. The number of fused-ring (bicyclic) bond motifs is 1. The highest BCUT2D eigenvalue weighted by molar-refractivity contribution is 6.33. The first-order valence-electron chi connectivity index (χ1n) is 13.9. The fourth-order valence-corrected chi connectivity index (χ4v) is 6.74. The number of benzene rings is 1. The lowest BCUT2D eigenvalue weighted by Gasteiger charge is -2.41. The number of anilines is 1. The van der Waals surface area contributed by atoms with Crippen molar-refractivity contribution in [3.63, 3.8) is 0 Å². The van der Waals surface area contributed by atoms with Crippen LogP contribution in [0.5, 0.6) is 0 Å². The number of rotatable bonds is 5. The van der Waals surface area contributed by atoms with Gasteiger partial charge in [-0.05, 0) is 62.3 Å². The van der Waals surface area contributed by atoms with Crippen LogP contribution >= 0.6 is 11.6 Å². The van der Waals surface area contributed by atoms with Crippen LogP contribution in [0, 0.1) is 5.92 Å². The molecule has 0 bridgehead atoms. The molecule has 3 fully saturated rings. The van der Waals surface area contributed by atoms with E-state index in [1.54, 1.807) is 12.1 Å². The lowest BCUT2D eigenvalue weighted by atomic mass is 9.86. The van der Waals surface area contributed by atoms with Crippen molar-refractivity contribution in [2.75, 3.05) is 37.6 Å². The molecule has 5 heterocycles. The second kappa shape index (κ2) is 10.5. The molecule has 206 valence electrons. The highest BCUT2D eigenvalue weighted by Crippen LogP contribution is 2.36. The van der Waals surface area contributed by atoms with Crippen LogP contribution in [0.15, 0.2) is 36.4 Å². The molecule has 39 heavy (non-hydrogen) atoms. The summed E-state index contributed by atoms with van der Waals surface area (Å²) in [6.07, 6.45) is 3.94. The van der Waals surface area contributed by atoms with Gasteiger partial charge in [-0.15, -0.1) is 0 Å². The maximum atomic E-state index is 13.0. The molecule has 0 saturated carbocycles. The van der Waals surface area contributed by atoms with Gasteiger partial charge in [0.1, 0.15) is 11.6 Å². The summed E-state index contributed by atoms with van der Waals surface area (Å²) >= 11 is 6.39. The number of aromatic nitrogens is 1. The minimum absolute atomic E-state index is 0.212. The van der Waals surface area contributed by atoms with Gasteiger partial charge in [0.05, 0.1) is 34.2 Å². The Morgan fingerprint density at radius 2 is 1.74 bits per heavy atom. The Hall–Kier alpha value is -3.01. The molecule has 9 nitrogen and oxygen atoms in total. The zero-order valence-corrected chi connectivity index (χ0v) is 22.7. The smallest absolute Gasteiger partial charge is 0.256 e. The largest absolute Gasteiger partial charge is 0.383 e. The topological polar surface area (TPSA) is 106 Å². The van der Waals surface area contributed by atoms with E-state index in [1.165, 1.54) is 4.90 Å². The zero-order chi connectivity index (χ0) is 27.1. The number of halogens is 1. The highest BCUT2D eigenvalue weighted by atomic mass is 35.5. The molecule has 6 rings (SSSR count). The third kappa shape index (κ3) is 5.15. The molecule has 4 aliphatic heterocycles. The van der Waals surface area contributed by atoms with Crippen LogP contribution in [0.4, 0.5) is 5.69 Å². The number of para-hydroxylation sites is 1. The van der Waals surface area contributed by atoms with Crippen LogP contribution < -0.4 is 10.2 Å². The van der Waals surface area contributed by atoms with Crippen molar-refractivity contribution in [3.05, 3.63) is 58.4 Å². The number of nitrogens with zero attached hydrogens (tertiary/aromatic N) is 4. The molecule has 3 saturated heterocycles. The normalized spacial score (nSPS) is 24.2. The van der Waals surface area contributed by atoms with E-state index in [0.29, 0.717) is 42.1 Å². The molecule has 1 atom stereocenters. The first-order chi connectivity index (χ1) is 18.8. The van der Waals surface area contributed by atoms with E-state index in [9.17, 15) is 19.5 Å². The van der Waals surface area contributed by atoms with E-state index in [0.717, 1.165) is 56.3 Å². The second-order valence-corrected chi connectivity index (χ2v) is 11.7. The van der Waals surface area contributed by atoms with Crippen molar-refractivity contribution in [2.45, 2.75) is 56.7 Å². The summed E-state index contributed by atoms with van der Waals surface area (Å²) in [4.78, 5) is 47.9. The predicted octanol–water partition coefficient (Wildman–Crippen LogP) is 2.70. The molecule has 1 aromatic carbocycles. The Kier molecular flexibility index (Phi) is 7.07. The van der Waals surface area contributed by atoms with Crippen molar-refractivity contribution >= 4 is 35.0 Å². The number of pyridine rings is 1. The van der Waals surface area contributed by atoms with Gasteiger partial charge in [0.2, 0.25) is 11.8 Å². The van der Waals surface area contributed by atoms with Gasteiger partial charge in [-0.3, -0.25) is 24.7 Å². The number of nitrogens with one attached hydrogen (secondary N) is 1. The second-order valence-electron chi connectivity index (χ2n) is 11.3. The first-order valence-corrected chi connectivity index (χ1v) is 14.3. The van der Waals surface area contributed by atoms with Crippen molar-refractivity contribution in [2.24, 2.45) is 5.92 Å². The van der Waals surface area contributed by atoms with Crippen molar-refractivity contribution in [1.82, 2.24) is 20.1 Å². The number of likely N-dealkylation sites (tertiary alicyclic amines) is 1. The quantitative estimate of drug-likeness (QED) is 0.550. The van der Waals surface area contributed by atoms with Crippen LogP contribution in [0.2, 0.25) is 5.02 Å². The molecule has 2 aromatic rings. The predicted molar refractivity (Wildman–Crippen MR) is 146 cm³/mol. The van der Waals surface area contributed by atoms with Crippen LogP contribution in [-0.4, -0.2) is 76.4 Å². The Labute approximate surface area is 233 Å². The molecule has 3 amide bonds. The zero-order valence-electron chi connectivity index (χ0n) is 21.9. The summed E-state index contributed by atoms with van der Waals surface area (Å²) in [5.41, 5.74) is 1.72. The van der Waals surface area contributed by atoms with Crippen molar-refractivity contribution in [1.29, 1.82) is 0 Å². The number of hydrogen-bond donors (Lipinski definition) is 2. The van der Waals surface area contributed by atoms with E-state index >= 15 is 0 Å². The number of carbonyl (C=O) groups excluding carboxylic acids is 3. The Balaban J connectivity index is 1.04. The summed E-state index contributed by atoms with van der Waals surface area (Å²) in [5, 5.41) is 14.7. The lowest BCUT2D eigenvalue weighted by Crippen LogP contribution is -2.52. The van der Waals surface area contributed by atoms with Gasteiger partial charge in [0.15, 0.2) is 0 Å². The van der Waals surface area contributed by atoms with Crippen LogP contribution in [0.25, 0.3) is 0 Å². The third-order valence-electron chi connectivity index (χ3n) is 8.86.